The molecule has 11 heteroatoms. The molecular weight excluding hydrogens is 431 g/mol. The second-order valence-corrected chi connectivity index (χ2v) is 6.89. The normalized spacial score (nSPS) is 15.1. The van der Waals surface area contributed by atoms with E-state index >= 15 is 0 Å². The maximum absolute atomic E-state index is 14.7. The first-order valence-electron chi connectivity index (χ1n) is 10.0. The van der Waals surface area contributed by atoms with Gasteiger partial charge in [-0.3, -0.25) is 4.79 Å². The first-order valence-corrected chi connectivity index (χ1v) is 10.0. The quantitative estimate of drug-likeness (QED) is 0.570. The zero-order valence-corrected chi connectivity index (χ0v) is 17.9. The number of halogens is 3. The van der Waals surface area contributed by atoms with Crippen molar-refractivity contribution in [1.82, 2.24) is 9.97 Å². The molecule has 1 N–H and O–H groups in total. The Balaban J connectivity index is 2.02. The van der Waals surface area contributed by atoms with Crippen molar-refractivity contribution in [2.75, 3.05) is 32.2 Å². The molecule has 1 aromatic heterocycles. The van der Waals surface area contributed by atoms with Crippen LogP contribution >= 0.6 is 0 Å². The maximum Gasteiger partial charge on any atom is 0.318 e. The van der Waals surface area contributed by atoms with E-state index in [0.717, 1.165) is 6.07 Å². The van der Waals surface area contributed by atoms with Crippen molar-refractivity contribution in [1.29, 1.82) is 0 Å². The van der Waals surface area contributed by atoms with E-state index in [0.29, 0.717) is 18.8 Å². The third-order valence-electron chi connectivity index (χ3n) is 4.77. The van der Waals surface area contributed by atoms with Crippen molar-refractivity contribution in [2.45, 2.75) is 39.0 Å². The zero-order chi connectivity index (χ0) is 23.3. The Morgan fingerprint density at radius 2 is 1.94 bits per heavy atom. The monoisotopic (exact) mass is 455 g/mol. The van der Waals surface area contributed by atoms with Gasteiger partial charge in [-0.2, -0.15) is 9.97 Å². The average molecular weight is 455 g/mol. The molecule has 0 amide bonds. The van der Waals surface area contributed by atoms with Crippen molar-refractivity contribution >= 4 is 11.8 Å². The molecule has 0 aliphatic carbocycles. The first-order chi connectivity index (χ1) is 15.3. The fourth-order valence-electron chi connectivity index (χ4n) is 3.30. The Labute approximate surface area is 183 Å². The number of rotatable bonds is 9. The van der Waals surface area contributed by atoms with Crippen LogP contribution in [0.15, 0.2) is 18.2 Å². The van der Waals surface area contributed by atoms with E-state index < -0.39 is 36.1 Å². The van der Waals surface area contributed by atoms with Crippen LogP contribution in [-0.4, -0.2) is 42.9 Å². The highest BCUT2D eigenvalue weighted by atomic mass is 19.3. The molecule has 1 atom stereocenters. The smallest absolute Gasteiger partial charge is 0.318 e. The molecular formula is C21H24F3N3O5. The summed E-state index contributed by atoms with van der Waals surface area (Å²) in [5.41, 5.74) is -0.0963. The van der Waals surface area contributed by atoms with E-state index in [1.54, 1.807) is 13.8 Å². The van der Waals surface area contributed by atoms with E-state index in [-0.39, 0.29) is 36.1 Å². The summed E-state index contributed by atoms with van der Waals surface area (Å²) in [6.07, 6.45) is -4.03. The lowest BCUT2D eigenvalue weighted by Crippen LogP contribution is -2.19. The molecule has 3 rings (SSSR count). The number of aromatic nitrogens is 2. The van der Waals surface area contributed by atoms with Crippen molar-refractivity contribution in [3.63, 3.8) is 0 Å². The third-order valence-corrected chi connectivity index (χ3v) is 4.77. The molecule has 2 aromatic rings. The molecule has 0 bridgehead atoms. The molecule has 32 heavy (non-hydrogen) atoms. The number of esters is 1. The predicted molar refractivity (Wildman–Crippen MR) is 107 cm³/mol. The maximum atomic E-state index is 14.7. The van der Waals surface area contributed by atoms with Crippen LogP contribution in [0.2, 0.25) is 0 Å². The molecule has 0 saturated carbocycles. The second-order valence-electron chi connectivity index (χ2n) is 6.89. The van der Waals surface area contributed by atoms with Gasteiger partial charge in [-0.05, 0) is 13.8 Å². The lowest BCUT2D eigenvalue weighted by Gasteiger charge is -2.22. The van der Waals surface area contributed by atoms with E-state index in [2.05, 4.69) is 15.3 Å². The number of carbonyl (C=O) groups is 1. The Kier molecular flexibility index (Phi) is 7.86. The minimum Gasteiger partial charge on any atom is -0.467 e. The lowest BCUT2D eigenvalue weighted by molar-refractivity contribution is -0.142. The number of carbonyl (C=O) groups excluding carboxylic acids is 1. The number of methoxy groups -OCH3 is 1. The van der Waals surface area contributed by atoms with E-state index in [1.807, 2.05) is 0 Å². The van der Waals surface area contributed by atoms with Gasteiger partial charge in [-0.15, -0.1) is 0 Å². The predicted octanol–water partition coefficient (Wildman–Crippen LogP) is 3.89. The largest absolute Gasteiger partial charge is 0.467 e. The SMILES string of the molecule is CCOC(=O)Cc1nc(OC)nc(NC(C)c2cccc(C(F)F)c2F)c1C1OCCO1. The lowest BCUT2D eigenvalue weighted by atomic mass is 10.0. The minimum atomic E-state index is -2.95. The van der Waals surface area contributed by atoms with Gasteiger partial charge in [0.25, 0.3) is 6.43 Å². The van der Waals surface area contributed by atoms with Crippen molar-refractivity contribution in [3.05, 3.63) is 46.4 Å². The highest BCUT2D eigenvalue weighted by Crippen LogP contribution is 2.35. The fourth-order valence-corrected chi connectivity index (χ4v) is 3.30. The molecule has 1 unspecified atom stereocenters. The number of nitrogens with zero attached hydrogens (tertiary/aromatic N) is 2. The summed E-state index contributed by atoms with van der Waals surface area (Å²) in [4.78, 5) is 20.7. The molecule has 1 saturated heterocycles. The second kappa shape index (κ2) is 10.6. The Morgan fingerprint density at radius 3 is 2.56 bits per heavy atom. The van der Waals surface area contributed by atoms with Gasteiger partial charge in [0.2, 0.25) is 0 Å². The number of ether oxygens (including phenoxy) is 4. The van der Waals surface area contributed by atoms with Gasteiger partial charge in [-0.1, -0.05) is 18.2 Å². The van der Waals surface area contributed by atoms with Crippen LogP contribution < -0.4 is 10.1 Å². The fraction of sp³-hybridized carbons (Fsp3) is 0.476. The van der Waals surface area contributed by atoms with Gasteiger partial charge in [-0.25, -0.2) is 13.2 Å². The molecule has 1 aliphatic heterocycles. The molecule has 1 aromatic carbocycles. The summed E-state index contributed by atoms with van der Waals surface area (Å²) in [5, 5.41) is 3.00. The van der Waals surface area contributed by atoms with Crippen molar-refractivity contribution < 1.29 is 36.9 Å². The summed E-state index contributed by atoms with van der Waals surface area (Å²) in [6.45, 7) is 4.09. The molecule has 174 valence electrons. The van der Waals surface area contributed by atoms with Gasteiger partial charge >= 0.3 is 12.0 Å². The Bertz CT molecular complexity index is 955. The third kappa shape index (κ3) is 5.28. The first kappa shape index (κ1) is 23.7. The topological polar surface area (TPSA) is 91.8 Å². The van der Waals surface area contributed by atoms with Gasteiger partial charge in [0.1, 0.15) is 11.6 Å². The summed E-state index contributed by atoms with van der Waals surface area (Å²) >= 11 is 0. The Hall–Kier alpha value is -2.92. The van der Waals surface area contributed by atoms with E-state index in [1.165, 1.54) is 19.2 Å². The van der Waals surface area contributed by atoms with Crippen LogP contribution in [0, 0.1) is 5.82 Å². The van der Waals surface area contributed by atoms with E-state index in [4.69, 9.17) is 18.9 Å². The van der Waals surface area contributed by atoms with Gasteiger partial charge in [0, 0.05) is 5.56 Å². The number of anilines is 1. The highest BCUT2D eigenvalue weighted by molar-refractivity contribution is 5.73. The molecule has 0 spiro atoms. The summed E-state index contributed by atoms with van der Waals surface area (Å²) in [7, 11) is 1.35. The Morgan fingerprint density at radius 1 is 1.25 bits per heavy atom. The zero-order valence-electron chi connectivity index (χ0n) is 17.9. The number of benzene rings is 1. The minimum absolute atomic E-state index is 0.0199. The number of hydrogen-bond acceptors (Lipinski definition) is 8. The molecule has 2 heterocycles. The number of nitrogens with one attached hydrogen (secondary N) is 1. The van der Waals surface area contributed by atoms with Crippen molar-refractivity contribution in [2.24, 2.45) is 0 Å². The summed E-state index contributed by atoms with van der Waals surface area (Å²) in [5.74, 6) is -1.37. The van der Waals surface area contributed by atoms with Gasteiger partial charge in [0.15, 0.2) is 6.29 Å². The standard InChI is InChI=1S/C21H24F3N3O5/c1-4-30-15(28)10-14-16(20-31-8-9-32-20)19(27-21(26-14)29-3)25-11(2)12-6-5-7-13(17(12)22)18(23)24/h5-7,11,18,20H,4,8-10H2,1-3H3,(H,25,26,27). The molecule has 1 aliphatic rings. The van der Waals surface area contributed by atoms with Crippen LogP contribution in [-0.2, 0) is 25.4 Å². The van der Waals surface area contributed by atoms with Gasteiger partial charge in [0.05, 0.1) is 56.2 Å². The van der Waals surface area contributed by atoms with Crippen LogP contribution in [0.1, 0.15) is 55.0 Å². The number of hydrogen-bond donors (Lipinski definition) is 1. The highest BCUT2D eigenvalue weighted by Gasteiger charge is 2.30. The summed E-state index contributed by atoms with van der Waals surface area (Å²) < 4.78 is 62.3. The van der Waals surface area contributed by atoms with Crippen LogP contribution in [0.4, 0.5) is 19.0 Å². The molecule has 8 nitrogen and oxygen atoms in total. The van der Waals surface area contributed by atoms with Crippen LogP contribution in [0.3, 0.4) is 0 Å². The summed E-state index contributed by atoms with van der Waals surface area (Å²) in [6, 6.07) is 2.97. The average Bonchev–Trinajstić information content (AvgIpc) is 3.27. The van der Waals surface area contributed by atoms with E-state index in [9.17, 15) is 18.0 Å². The van der Waals surface area contributed by atoms with Crippen molar-refractivity contribution in [3.8, 4) is 6.01 Å². The molecule has 0 radical (unpaired) electrons. The van der Waals surface area contributed by atoms with Crippen LogP contribution in [0.25, 0.3) is 0 Å². The van der Waals surface area contributed by atoms with Gasteiger partial charge < -0.3 is 24.3 Å². The number of alkyl halides is 2. The van der Waals surface area contributed by atoms with Crippen LogP contribution in [0.5, 0.6) is 6.01 Å². The molecule has 1 fully saturated rings.